The second kappa shape index (κ2) is 4.78. The van der Waals surface area contributed by atoms with Crippen LogP contribution in [0.3, 0.4) is 0 Å². The van der Waals surface area contributed by atoms with Gasteiger partial charge in [-0.3, -0.25) is 0 Å². The van der Waals surface area contributed by atoms with Crippen molar-refractivity contribution in [1.29, 1.82) is 0 Å². The lowest BCUT2D eigenvalue weighted by molar-refractivity contribution is 0.627. The number of hydrogen-bond acceptors (Lipinski definition) is 2. The summed E-state index contributed by atoms with van der Waals surface area (Å²) in [5.41, 5.74) is 8.76. The maximum absolute atomic E-state index is 13.2. The molecule has 3 nitrogen and oxygen atoms in total. The van der Waals surface area contributed by atoms with Crippen LogP contribution >= 0.6 is 0 Å². The summed E-state index contributed by atoms with van der Waals surface area (Å²) in [6.07, 6.45) is 4.15. The Labute approximate surface area is 117 Å². The van der Waals surface area contributed by atoms with Crippen molar-refractivity contribution in [1.82, 2.24) is 9.55 Å². The average molecular weight is 271 g/mol. The van der Waals surface area contributed by atoms with Crippen molar-refractivity contribution in [2.24, 2.45) is 0 Å². The van der Waals surface area contributed by atoms with Crippen LogP contribution < -0.4 is 5.73 Å². The normalized spacial score (nSPS) is 14.5. The molecule has 4 heteroatoms. The minimum atomic E-state index is -0.238. The van der Waals surface area contributed by atoms with Gasteiger partial charge in [0.2, 0.25) is 0 Å². The number of nitrogen functional groups attached to an aromatic ring is 1. The monoisotopic (exact) mass is 271 g/mol. The number of aromatic nitrogens is 2. The first-order chi connectivity index (χ1) is 9.61. The summed E-state index contributed by atoms with van der Waals surface area (Å²) in [4.78, 5) is 4.72. The molecule has 1 heterocycles. The Hall–Kier alpha value is -2.10. The number of nitrogens with zero attached hydrogens (tertiary/aromatic N) is 2. The van der Waals surface area contributed by atoms with Gasteiger partial charge in [-0.15, -0.1) is 6.58 Å². The number of allylic oxidation sites excluding steroid dienone is 1. The molecule has 1 aliphatic rings. The predicted molar refractivity (Wildman–Crippen MR) is 78.9 cm³/mol. The third-order valence-corrected chi connectivity index (χ3v) is 3.73. The molecule has 1 saturated carbocycles. The fourth-order valence-corrected chi connectivity index (χ4v) is 2.55. The van der Waals surface area contributed by atoms with Crippen molar-refractivity contribution in [3.05, 3.63) is 48.1 Å². The van der Waals surface area contributed by atoms with Crippen molar-refractivity contribution < 1.29 is 4.39 Å². The molecule has 1 fully saturated rings. The topological polar surface area (TPSA) is 43.8 Å². The zero-order chi connectivity index (χ0) is 14.3. The van der Waals surface area contributed by atoms with Gasteiger partial charge < -0.3 is 10.3 Å². The fourth-order valence-electron chi connectivity index (χ4n) is 2.55. The Balaban J connectivity index is 2.13. The number of hydrogen-bond donors (Lipinski definition) is 1. The third-order valence-electron chi connectivity index (χ3n) is 3.73. The molecule has 20 heavy (non-hydrogen) atoms. The predicted octanol–water partition coefficient (Wildman–Crippen LogP) is 3.64. The molecule has 0 radical (unpaired) electrons. The molecule has 1 aliphatic carbocycles. The average Bonchev–Trinajstić information content (AvgIpc) is 3.19. The van der Waals surface area contributed by atoms with E-state index in [0.717, 1.165) is 35.5 Å². The Morgan fingerprint density at radius 1 is 1.50 bits per heavy atom. The van der Waals surface area contributed by atoms with Gasteiger partial charge in [-0.2, -0.15) is 0 Å². The second-order valence-corrected chi connectivity index (χ2v) is 5.34. The first-order valence-electron chi connectivity index (χ1n) is 6.85. The van der Waals surface area contributed by atoms with E-state index in [1.165, 1.54) is 12.1 Å². The zero-order valence-corrected chi connectivity index (χ0v) is 11.6. The van der Waals surface area contributed by atoms with Gasteiger partial charge in [0.15, 0.2) is 0 Å². The van der Waals surface area contributed by atoms with E-state index in [0.29, 0.717) is 18.3 Å². The summed E-state index contributed by atoms with van der Waals surface area (Å²) in [7, 11) is 0. The van der Waals surface area contributed by atoms with Crippen molar-refractivity contribution in [2.75, 3.05) is 5.73 Å². The number of benzene rings is 1. The number of aryl methyl sites for hydroxylation is 1. The third kappa shape index (κ3) is 2.11. The van der Waals surface area contributed by atoms with Gasteiger partial charge in [0.25, 0.3) is 0 Å². The Kier molecular flexibility index (Phi) is 3.08. The standard InChI is InChI=1S/C16H18FN3/c1-3-8-20-15(18)14(19-16(20)11-4-5-11)13-7-6-12(17)9-10(13)2/h3,6-7,9,11H,1,4-5,8,18H2,2H3. The molecular weight excluding hydrogens is 253 g/mol. The van der Waals surface area contributed by atoms with E-state index < -0.39 is 0 Å². The molecule has 0 saturated heterocycles. The molecule has 0 spiro atoms. The lowest BCUT2D eigenvalue weighted by atomic mass is 10.1. The minimum Gasteiger partial charge on any atom is -0.383 e. The van der Waals surface area contributed by atoms with Gasteiger partial charge in [0.1, 0.15) is 23.2 Å². The lowest BCUT2D eigenvalue weighted by Gasteiger charge is -2.07. The number of rotatable bonds is 4. The van der Waals surface area contributed by atoms with Gasteiger partial charge in [-0.1, -0.05) is 6.08 Å². The van der Waals surface area contributed by atoms with Crippen molar-refractivity contribution in [3.8, 4) is 11.3 Å². The molecule has 2 N–H and O–H groups in total. The minimum absolute atomic E-state index is 0.238. The number of anilines is 1. The van der Waals surface area contributed by atoms with Crippen LogP contribution in [0.1, 0.15) is 30.1 Å². The van der Waals surface area contributed by atoms with Gasteiger partial charge in [0.05, 0.1) is 0 Å². The molecule has 1 aromatic carbocycles. The van der Waals surface area contributed by atoms with E-state index in [1.54, 1.807) is 6.07 Å². The molecule has 0 unspecified atom stereocenters. The van der Waals surface area contributed by atoms with Crippen molar-refractivity contribution in [2.45, 2.75) is 32.2 Å². The molecule has 1 aromatic heterocycles. The molecule has 0 atom stereocenters. The SMILES string of the molecule is C=CCn1c(C2CC2)nc(-c2ccc(F)cc2C)c1N. The highest BCUT2D eigenvalue weighted by Crippen LogP contribution is 2.42. The summed E-state index contributed by atoms with van der Waals surface area (Å²) in [5.74, 6) is 1.94. The summed E-state index contributed by atoms with van der Waals surface area (Å²) < 4.78 is 15.3. The van der Waals surface area contributed by atoms with Crippen LogP contribution in [0.4, 0.5) is 10.2 Å². The quantitative estimate of drug-likeness (QED) is 0.863. The second-order valence-electron chi connectivity index (χ2n) is 5.34. The Bertz CT molecular complexity index is 669. The van der Waals surface area contributed by atoms with Crippen LogP contribution in [0.15, 0.2) is 30.9 Å². The molecular formula is C16H18FN3. The summed E-state index contributed by atoms with van der Waals surface area (Å²) in [6, 6.07) is 4.71. The van der Waals surface area contributed by atoms with E-state index in [4.69, 9.17) is 10.7 Å². The Morgan fingerprint density at radius 3 is 2.85 bits per heavy atom. The van der Waals surface area contributed by atoms with Crippen molar-refractivity contribution in [3.63, 3.8) is 0 Å². The molecule has 104 valence electrons. The molecule has 0 amide bonds. The summed E-state index contributed by atoms with van der Waals surface area (Å²) >= 11 is 0. The lowest BCUT2D eigenvalue weighted by Crippen LogP contribution is -2.05. The van der Waals surface area contributed by atoms with Gasteiger partial charge in [-0.05, 0) is 43.5 Å². The number of nitrogens with two attached hydrogens (primary N) is 1. The van der Waals surface area contributed by atoms with Crippen LogP contribution in [0.25, 0.3) is 11.3 Å². The van der Waals surface area contributed by atoms with E-state index in [2.05, 4.69) is 6.58 Å². The molecule has 0 bridgehead atoms. The smallest absolute Gasteiger partial charge is 0.132 e. The maximum atomic E-state index is 13.2. The van der Waals surface area contributed by atoms with Crippen LogP contribution in [0.2, 0.25) is 0 Å². The highest BCUT2D eigenvalue weighted by Gasteiger charge is 2.30. The van der Waals surface area contributed by atoms with Crippen LogP contribution in [-0.4, -0.2) is 9.55 Å². The first-order valence-corrected chi connectivity index (χ1v) is 6.85. The number of halogens is 1. The molecule has 0 aliphatic heterocycles. The van der Waals surface area contributed by atoms with E-state index >= 15 is 0 Å². The van der Waals surface area contributed by atoms with Crippen LogP contribution in [-0.2, 0) is 6.54 Å². The highest BCUT2D eigenvalue weighted by molar-refractivity contribution is 5.74. The fraction of sp³-hybridized carbons (Fsp3) is 0.312. The highest BCUT2D eigenvalue weighted by atomic mass is 19.1. The van der Waals surface area contributed by atoms with Gasteiger partial charge in [-0.25, -0.2) is 9.37 Å². The summed E-state index contributed by atoms with van der Waals surface area (Å²) in [6.45, 7) is 6.31. The maximum Gasteiger partial charge on any atom is 0.132 e. The zero-order valence-electron chi connectivity index (χ0n) is 11.6. The van der Waals surface area contributed by atoms with E-state index in [9.17, 15) is 4.39 Å². The molecule has 3 rings (SSSR count). The van der Waals surface area contributed by atoms with Crippen LogP contribution in [0, 0.1) is 12.7 Å². The molecule has 2 aromatic rings. The van der Waals surface area contributed by atoms with Gasteiger partial charge >= 0.3 is 0 Å². The van der Waals surface area contributed by atoms with Crippen molar-refractivity contribution >= 4 is 5.82 Å². The van der Waals surface area contributed by atoms with Crippen LogP contribution in [0.5, 0.6) is 0 Å². The first kappa shape index (κ1) is 12.9. The number of imidazole rings is 1. The van der Waals surface area contributed by atoms with E-state index in [1.807, 2.05) is 17.6 Å². The summed E-state index contributed by atoms with van der Waals surface area (Å²) in [5, 5.41) is 0. The van der Waals surface area contributed by atoms with Gasteiger partial charge in [0, 0.05) is 18.0 Å². The largest absolute Gasteiger partial charge is 0.383 e. The Morgan fingerprint density at radius 2 is 2.25 bits per heavy atom. The van der Waals surface area contributed by atoms with E-state index in [-0.39, 0.29) is 5.82 Å².